The lowest BCUT2D eigenvalue weighted by molar-refractivity contribution is 0.602. The highest BCUT2D eigenvalue weighted by atomic mass is 19.1. The molecule has 0 aliphatic carbocycles. The number of fused-ring (bicyclic) bond motifs is 1. The van der Waals surface area contributed by atoms with Crippen LogP contribution in [-0.4, -0.2) is 4.98 Å². The molecule has 0 fully saturated rings. The largest absolute Gasteiger partial charge is 0.443 e. The maximum absolute atomic E-state index is 13.3. The smallest absolute Gasteiger partial charge is 0.181 e. The van der Waals surface area contributed by atoms with E-state index in [1.54, 1.807) is 12.1 Å². The molecular weight excluding hydrogens is 245 g/mol. The Morgan fingerprint density at radius 2 is 2.16 bits per heavy atom. The maximum Gasteiger partial charge on any atom is 0.181 e. The van der Waals surface area contributed by atoms with E-state index in [9.17, 15) is 4.39 Å². The lowest BCUT2D eigenvalue weighted by atomic mass is 10.2. The summed E-state index contributed by atoms with van der Waals surface area (Å²) in [5.41, 5.74) is 8.91. The second-order valence-corrected chi connectivity index (χ2v) is 4.21. The van der Waals surface area contributed by atoms with Gasteiger partial charge in [-0.25, -0.2) is 9.37 Å². The summed E-state index contributed by atoms with van der Waals surface area (Å²) in [6.07, 6.45) is 1.41. The molecule has 0 radical (unpaired) electrons. The van der Waals surface area contributed by atoms with E-state index >= 15 is 0 Å². The zero-order valence-corrected chi connectivity index (χ0v) is 10.1. The molecule has 0 saturated heterocycles. The third-order valence-corrected chi connectivity index (χ3v) is 2.93. The molecule has 0 aliphatic rings. The molecule has 4 nitrogen and oxygen atoms in total. The first-order chi connectivity index (χ1) is 9.24. The van der Waals surface area contributed by atoms with Crippen molar-refractivity contribution in [2.45, 2.75) is 6.54 Å². The van der Waals surface area contributed by atoms with Gasteiger partial charge in [0, 0.05) is 6.54 Å². The van der Waals surface area contributed by atoms with Crippen molar-refractivity contribution in [2.24, 2.45) is 0 Å². The number of benzene rings is 2. The molecule has 3 aromatic rings. The lowest BCUT2D eigenvalue weighted by Gasteiger charge is -2.09. The third-order valence-electron chi connectivity index (χ3n) is 2.93. The van der Waals surface area contributed by atoms with Gasteiger partial charge in [-0.15, -0.1) is 0 Å². The van der Waals surface area contributed by atoms with Crippen molar-refractivity contribution in [1.29, 1.82) is 0 Å². The molecular formula is C14H12FN3O. The van der Waals surface area contributed by atoms with Gasteiger partial charge in [0.15, 0.2) is 12.0 Å². The molecule has 3 rings (SSSR count). The zero-order valence-electron chi connectivity index (χ0n) is 10.1. The van der Waals surface area contributed by atoms with Crippen LogP contribution in [0.1, 0.15) is 5.56 Å². The number of hydrogen-bond donors (Lipinski definition) is 2. The molecule has 0 atom stereocenters. The van der Waals surface area contributed by atoms with Gasteiger partial charge < -0.3 is 15.5 Å². The Morgan fingerprint density at radius 1 is 1.26 bits per heavy atom. The molecule has 3 N–H and O–H groups in total. The van der Waals surface area contributed by atoms with Crippen LogP contribution < -0.4 is 11.1 Å². The first-order valence-electron chi connectivity index (χ1n) is 5.84. The first-order valence-corrected chi connectivity index (χ1v) is 5.84. The Hall–Kier alpha value is -2.56. The summed E-state index contributed by atoms with van der Waals surface area (Å²) in [5, 5.41) is 3.10. The number of oxazole rings is 1. The summed E-state index contributed by atoms with van der Waals surface area (Å²) in [6, 6.07) is 10.4. The van der Waals surface area contributed by atoms with Crippen molar-refractivity contribution >= 4 is 22.5 Å². The number of hydrogen-bond acceptors (Lipinski definition) is 4. The highest BCUT2D eigenvalue weighted by Gasteiger charge is 2.05. The second-order valence-electron chi connectivity index (χ2n) is 4.21. The van der Waals surface area contributed by atoms with E-state index < -0.39 is 5.82 Å². The number of nitrogens with zero attached hydrogens (tertiary/aromatic N) is 1. The van der Waals surface area contributed by atoms with E-state index in [1.165, 1.54) is 12.5 Å². The van der Waals surface area contributed by atoms with E-state index in [-0.39, 0.29) is 5.69 Å². The number of rotatable bonds is 3. The molecule has 1 aromatic heterocycles. The van der Waals surface area contributed by atoms with Crippen molar-refractivity contribution in [1.82, 2.24) is 4.98 Å². The molecule has 1 heterocycles. The summed E-state index contributed by atoms with van der Waals surface area (Å²) in [4.78, 5) is 4.05. The van der Waals surface area contributed by atoms with Gasteiger partial charge >= 0.3 is 0 Å². The van der Waals surface area contributed by atoms with Crippen molar-refractivity contribution < 1.29 is 8.81 Å². The molecule has 0 aliphatic heterocycles. The predicted molar refractivity (Wildman–Crippen MR) is 72.1 cm³/mol. The molecule has 2 aromatic carbocycles. The highest BCUT2D eigenvalue weighted by molar-refractivity contribution is 5.73. The Kier molecular flexibility index (Phi) is 2.79. The monoisotopic (exact) mass is 257 g/mol. The van der Waals surface area contributed by atoms with Gasteiger partial charge in [0.1, 0.15) is 11.3 Å². The normalized spacial score (nSPS) is 10.8. The number of halogens is 1. The summed E-state index contributed by atoms with van der Waals surface area (Å²) in [7, 11) is 0. The molecule has 0 bridgehead atoms. The van der Waals surface area contributed by atoms with E-state index in [0.717, 1.165) is 16.7 Å². The fourth-order valence-corrected chi connectivity index (χ4v) is 1.90. The average Bonchev–Trinajstić information content (AvgIpc) is 2.88. The molecule has 0 amide bonds. The molecule has 0 spiro atoms. The molecule has 5 heteroatoms. The van der Waals surface area contributed by atoms with E-state index in [2.05, 4.69) is 10.3 Å². The van der Waals surface area contributed by atoms with Gasteiger partial charge in [0.25, 0.3) is 0 Å². The number of nitrogens with two attached hydrogens (primary N) is 1. The fraction of sp³-hybridized carbons (Fsp3) is 0.0714. The lowest BCUT2D eigenvalue weighted by Crippen LogP contribution is -2.03. The maximum atomic E-state index is 13.3. The Balaban J connectivity index is 1.80. The van der Waals surface area contributed by atoms with Gasteiger partial charge in [-0.2, -0.15) is 0 Å². The Morgan fingerprint density at radius 3 is 3.05 bits per heavy atom. The van der Waals surface area contributed by atoms with Crippen LogP contribution in [-0.2, 0) is 6.54 Å². The second kappa shape index (κ2) is 4.61. The minimum Gasteiger partial charge on any atom is -0.443 e. The predicted octanol–water partition coefficient (Wildman–Crippen LogP) is 3.16. The summed E-state index contributed by atoms with van der Waals surface area (Å²) < 4.78 is 18.5. The van der Waals surface area contributed by atoms with Crippen LogP contribution in [0, 0.1) is 5.82 Å². The Labute approximate surface area is 109 Å². The third kappa shape index (κ3) is 2.22. The summed E-state index contributed by atoms with van der Waals surface area (Å²) in [6.45, 7) is 0.532. The quantitative estimate of drug-likeness (QED) is 0.707. The number of aromatic nitrogens is 1. The van der Waals surface area contributed by atoms with Crippen molar-refractivity contribution in [3.05, 3.63) is 54.2 Å². The average molecular weight is 257 g/mol. The van der Waals surface area contributed by atoms with Crippen molar-refractivity contribution in [3.63, 3.8) is 0 Å². The number of anilines is 2. The first kappa shape index (κ1) is 11.5. The fourth-order valence-electron chi connectivity index (χ4n) is 1.90. The molecule has 19 heavy (non-hydrogen) atoms. The van der Waals surface area contributed by atoms with Gasteiger partial charge in [0.2, 0.25) is 0 Å². The Bertz CT molecular complexity index is 724. The SMILES string of the molecule is Nc1c(F)cccc1NCc1ccc2ncoc2c1. The van der Waals surface area contributed by atoms with Crippen LogP contribution >= 0.6 is 0 Å². The van der Waals surface area contributed by atoms with Gasteiger partial charge in [-0.05, 0) is 29.8 Å². The van der Waals surface area contributed by atoms with Crippen LogP contribution in [0.2, 0.25) is 0 Å². The topological polar surface area (TPSA) is 64.1 Å². The number of para-hydroxylation sites is 1. The van der Waals surface area contributed by atoms with Gasteiger partial charge in [-0.1, -0.05) is 12.1 Å². The van der Waals surface area contributed by atoms with Gasteiger partial charge in [0.05, 0.1) is 11.4 Å². The molecule has 0 saturated carbocycles. The number of nitrogen functional groups attached to an aromatic ring is 1. The highest BCUT2D eigenvalue weighted by Crippen LogP contribution is 2.22. The van der Waals surface area contributed by atoms with Crippen LogP contribution in [0.25, 0.3) is 11.1 Å². The summed E-state index contributed by atoms with van der Waals surface area (Å²) in [5.74, 6) is -0.421. The van der Waals surface area contributed by atoms with Crippen LogP contribution in [0.3, 0.4) is 0 Å². The van der Waals surface area contributed by atoms with Crippen LogP contribution in [0.4, 0.5) is 15.8 Å². The molecule has 0 unspecified atom stereocenters. The molecule has 96 valence electrons. The van der Waals surface area contributed by atoms with E-state index in [4.69, 9.17) is 10.2 Å². The minimum absolute atomic E-state index is 0.128. The van der Waals surface area contributed by atoms with Gasteiger partial charge in [-0.3, -0.25) is 0 Å². The minimum atomic E-state index is -0.421. The zero-order chi connectivity index (χ0) is 13.2. The standard InChI is InChI=1S/C14H12FN3O/c15-10-2-1-3-12(14(10)16)17-7-9-4-5-11-13(6-9)19-8-18-11/h1-6,8,17H,7,16H2. The van der Waals surface area contributed by atoms with Crippen molar-refractivity contribution in [3.8, 4) is 0 Å². The van der Waals surface area contributed by atoms with Crippen LogP contribution in [0.15, 0.2) is 47.2 Å². The van der Waals surface area contributed by atoms with E-state index in [1.807, 2.05) is 18.2 Å². The van der Waals surface area contributed by atoms with Crippen LogP contribution in [0.5, 0.6) is 0 Å². The summed E-state index contributed by atoms with van der Waals surface area (Å²) >= 11 is 0. The van der Waals surface area contributed by atoms with E-state index in [0.29, 0.717) is 12.2 Å². The van der Waals surface area contributed by atoms with Crippen molar-refractivity contribution in [2.75, 3.05) is 11.1 Å². The number of nitrogens with one attached hydrogen (secondary N) is 1.